The Labute approximate surface area is 140 Å². The van der Waals surface area contributed by atoms with Gasteiger partial charge in [-0.3, -0.25) is 14.3 Å². The highest BCUT2D eigenvalue weighted by molar-refractivity contribution is 7.99. The predicted molar refractivity (Wildman–Crippen MR) is 87.9 cm³/mol. The summed E-state index contributed by atoms with van der Waals surface area (Å²) in [4.78, 5) is 26.5. The summed E-state index contributed by atoms with van der Waals surface area (Å²) in [6.45, 7) is 0. The van der Waals surface area contributed by atoms with Gasteiger partial charge < -0.3 is 9.64 Å². The fourth-order valence-electron chi connectivity index (χ4n) is 3.39. The maximum Gasteiger partial charge on any atom is 0.311 e. The lowest BCUT2D eigenvalue weighted by molar-refractivity contribution is -0.160. The van der Waals surface area contributed by atoms with Crippen LogP contribution in [0.4, 0.5) is 0 Å². The first kappa shape index (κ1) is 16.4. The molecule has 0 spiro atoms. The smallest absolute Gasteiger partial charge is 0.311 e. The summed E-state index contributed by atoms with van der Waals surface area (Å²) in [5.41, 5.74) is 0.892. The van der Waals surface area contributed by atoms with Crippen molar-refractivity contribution in [3.05, 3.63) is 18.0 Å². The fourth-order valence-corrected chi connectivity index (χ4v) is 4.42. The van der Waals surface area contributed by atoms with Gasteiger partial charge in [0.2, 0.25) is 5.91 Å². The van der Waals surface area contributed by atoms with E-state index in [0.717, 1.165) is 29.9 Å². The van der Waals surface area contributed by atoms with Crippen LogP contribution < -0.4 is 0 Å². The summed E-state index contributed by atoms with van der Waals surface area (Å²) in [6, 6.07) is -0.284. The van der Waals surface area contributed by atoms with Gasteiger partial charge in [0.05, 0.1) is 18.2 Å². The van der Waals surface area contributed by atoms with Crippen LogP contribution in [0.1, 0.15) is 37.3 Å². The Hall–Kier alpha value is -1.50. The van der Waals surface area contributed by atoms with E-state index in [1.165, 1.54) is 0 Å². The molecule has 0 unspecified atom stereocenters. The molecule has 1 amide bonds. The number of carbonyl (C=O) groups excluding carboxylic acids is 2. The summed E-state index contributed by atoms with van der Waals surface area (Å²) >= 11 is 1.84. The zero-order valence-corrected chi connectivity index (χ0v) is 14.4. The second-order valence-electron chi connectivity index (χ2n) is 6.32. The molecule has 126 valence electrons. The van der Waals surface area contributed by atoms with Crippen molar-refractivity contribution in [2.75, 3.05) is 18.6 Å². The molecular weight excluding hydrogens is 314 g/mol. The molecule has 7 heteroatoms. The lowest BCUT2D eigenvalue weighted by Crippen LogP contribution is -2.44. The second kappa shape index (κ2) is 6.95. The molecule has 1 aromatic heterocycles. The van der Waals surface area contributed by atoms with E-state index in [1.54, 1.807) is 22.8 Å². The van der Waals surface area contributed by atoms with E-state index in [1.807, 2.05) is 25.0 Å². The topological polar surface area (TPSA) is 64.4 Å². The SMILES string of the molecule is CN1C(=O)CC[C@H](C(=O)O[C@@H]2CCCSC2)[C@H]1c1cnn(C)c1. The maximum atomic E-state index is 12.7. The summed E-state index contributed by atoms with van der Waals surface area (Å²) in [5.74, 6) is 1.60. The van der Waals surface area contributed by atoms with Gasteiger partial charge in [0, 0.05) is 38.0 Å². The molecule has 23 heavy (non-hydrogen) atoms. The second-order valence-corrected chi connectivity index (χ2v) is 7.47. The molecule has 2 fully saturated rings. The van der Waals surface area contributed by atoms with Gasteiger partial charge in [0.25, 0.3) is 0 Å². The summed E-state index contributed by atoms with van der Waals surface area (Å²) in [6.07, 6.45) is 6.59. The Balaban J connectivity index is 1.77. The third-order valence-electron chi connectivity index (χ3n) is 4.63. The highest BCUT2D eigenvalue weighted by Crippen LogP contribution is 2.37. The highest BCUT2D eigenvalue weighted by atomic mass is 32.2. The third kappa shape index (κ3) is 3.54. The number of amides is 1. The maximum absolute atomic E-state index is 12.7. The number of ether oxygens (including phenoxy) is 1. The minimum atomic E-state index is -0.311. The van der Waals surface area contributed by atoms with Crippen LogP contribution in [0.2, 0.25) is 0 Å². The average molecular weight is 337 g/mol. The quantitative estimate of drug-likeness (QED) is 0.787. The largest absolute Gasteiger partial charge is 0.461 e. The number of thioether (sulfide) groups is 1. The van der Waals surface area contributed by atoms with Crippen molar-refractivity contribution in [3.8, 4) is 0 Å². The van der Waals surface area contributed by atoms with E-state index >= 15 is 0 Å². The normalized spacial score (nSPS) is 28.7. The molecule has 2 saturated heterocycles. The number of hydrogen-bond acceptors (Lipinski definition) is 5. The Morgan fingerprint density at radius 1 is 1.39 bits per heavy atom. The lowest BCUT2D eigenvalue weighted by Gasteiger charge is -2.38. The lowest BCUT2D eigenvalue weighted by atomic mass is 9.86. The predicted octanol–water partition coefficient (Wildman–Crippen LogP) is 1.77. The van der Waals surface area contributed by atoms with Crippen molar-refractivity contribution in [1.29, 1.82) is 0 Å². The monoisotopic (exact) mass is 337 g/mol. The van der Waals surface area contributed by atoms with Gasteiger partial charge in [-0.25, -0.2) is 0 Å². The number of piperidine rings is 1. The molecule has 0 aliphatic carbocycles. The number of hydrogen-bond donors (Lipinski definition) is 0. The molecule has 0 radical (unpaired) electrons. The van der Waals surface area contributed by atoms with Crippen molar-refractivity contribution in [3.63, 3.8) is 0 Å². The molecule has 1 aromatic rings. The first-order valence-corrected chi connectivity index (χ1v) is 9.24. The minimum Gasteiger partial charge on any atom is -0.461 e. The van der Waals surface area contributed by atoms with Crippen LogP contribution in [0.5, 0.6) is 0 Å². The van der Waals surface area contributed by atoms with Crippen molar-refractivity contribution in [2.24, 2.45) is 13.0 Å². The molecule has 3 heterocycles. The van der Waals surface area contributed by atoms with Crippen molar-refractivity contribution in [2.45, 2.75) is 37.8 Å². The van der Waals surface area contributed by atoms with E-state index in [-0.39, 0.29) is 29.9 Å². The molecule has 2 aliphatic heterocycles. The van der Waals surface area contributed by atoms with Crippen LogP contribution in [-0.2, 0) is 21.4 Å². The Kier molecular flexibility index (Phi) is 4.94. The highest BCUT2D eigenvalue weighted by Gasteiger charge is 2.41. The first-order valence-electron chi connectivity index (χ1n) is 8.08. The molecule has 3 rings (SSSR count). The fraction of sp³-hybridized carbons (Fsp3) is 0.688. The minimum absolute atomic E-state index is 0.0127. The zero-order valence-electron chi connectivity index (χ0n) is 13.6. The van der Waals surface area contributed by atoms with E-state index in [9.17, 15) is 9.59 Å². The van der Waals surface area contributed by atoms with Crippen molar-refractivity contribution in [1.82, 2.24) is 14.7 Å². The van der Waals surface area contributed by atoms with Crippen LogP contribution in [-0.4, -0.2) is 51.2 Å². The standard InChI is InChI=1S/C16H23N3O3S/c1-18-9-11(8-17-18)15-13(5-6-14(20)19(15)2)16(21)22-12-4-3-7-23-10-12/h8-9,12-13,15H,3-7,10H2,1-2H3/t12-,13+,15-/m1/s1. The molecule has 0 saturated carbocycles. The summed E-state index contributed by atoms with van der Waals surface area (Å²) in [5, 5.41) is 4.18. The van der Waals surface area contributed by atoms with Gasteiger partial charge in [0.15, 0.2) is 0 Å². The number of esters is 1. The average Bonchev–Trinajstić information content (AvgIpc) is 2.96. The summed E-state index contributed by atoms with van der Waals surface area (Å²) in [7, 11) is 3.59. The number of rotatable bonds is 3. The molecule has 2 aliphatic rings. The van der Waals surface area contributed by atoms with Gasteiger partial charge in [-0.1, -0.05) is 0 Å². The molecule has 6 nitrogen and oxygen atoms in total. The van der Waals surface area contributed by atoms with Crippen LogP contribution >= 0.6 is 11.8 Å². The first-order chi connectivity index (χ1) is 11.1. The van der Waals surface area contributed by atoms with E-state index in [0.29, 0.717) is 12.8 Å². The number of likely N-dealkylation sites (tertiary alicyclic amines) is 1. The number of carbonyl (C=O) groups is 2. The van der Waals surface area contributed by atoms with Gasteiger partial charge in [-0.2, -0.15) is 16.9 Å². The van der Waals surface area contributed by atoms with E-state index in [2.05, 4.69) is 5.10 Å². The molecule has 0 N–H and O–H groups in total. The number of nitrogens with zero attached hydrogens (tertiary/aromatic N) is 3. The van der Waals surface area contributed by atoms with Crippen LogP contribution in [0.15, 0.2) is 12.4 Å². The van der Waals surface area contributed by atoms with Crippen LogP contribution in [0.25, 0.3) is 0 Å². The molecular formula is C16H23N3O3S. The van der Waals surface area contributed by atoms with Crippen LogP contribution in [0, 0.1) is 5.92 Å². The van der Waals surface area contributed by atoms with E-state index in [4.69, 9.17) is 4.74 Å². The Morgan fingerprint density at radius 2 is 2.22 bits per heavy atom. The Morgan fingerprint density at radius 3 is 2.87 bits per heavy atom. The van der Waals surface area contributed by atoms with Gasteiger partial charge in [-0.05, 0) is 25.0 Å². The van der Waals surface area contributed by atoms with Gasteiger partial charge >= 0.3 is 5.97 Å². The molecule has 0 aromatic carbocycles. The van der Waals surface area contributed by atoms with Crippen molar-refractivity contribution < 1.29 is 14.3 Å². The summed E-state index contributed by atoms with van der Waals surface area (Å²) < 4.78 is 7.44. The Bertz CT molecular complexity index is 583. The number of aromatic nitrogens is 2. The van der Waals surface area contributed by atoms with Crippen LogP contribution in [0.3, 0.4) is 0 Å². The number of aryl methyl sites for hydroxylation is 1. The zero-order chi connectivity index (χ0) is 16.4. The van der Waals surface area contributed by atoms with Crippen molar-refractivity contribution >= 4 is 23.6 Å². The molecule has 3 atom stereocenters. The van der Waals surface area contributed by atoms with Gasteiger partial charge in [0.1, 0.15) is 6.10 Å². The third-order valence-corrected chi connectivity index (χ3v) is 5.82. The van der Waals surface area contributed by atoms with E-state index < -0.39 is 0 Å². The molecule has 0 bridgehead atoms. The van der Waals surface area contributed by atoms with Gasteiger partial charge in [-0.15, -0.1) is 0 Å².